The number of Topliss-reactive ketones (excluding diaryl/α,β-unsaturated/α-hetero) is 1. The summed E-state index contributed by atoms with van der Waals surface area (Å²) in [7, 11) is 0. The van der Waals surface area contributed by atoms with E-state index in [4.69, 9.17) is 0 Å². The number of carboxylic acid groups (broad SMARTS) is 1. The first-order valence-corrected chi connectivity index (χ1v) is 3.77. The number of rotatable bonds is 3. The summed E-state index contributed by atoms with van der Waals surface area (Å²) < 4.78 is 0. The van der Waals surface area contributed by atoms with E-state index >= 15 is 0 Å². The molecule has 0 atom stereocenters. The van der Waals surface area contributed by atoms with Crippen molar-refractivity contribution < 1.29 is 19.8 Å². The molecule has 0 heterocycles. The third kappa shape index (κ3) is 33.4. The molecule has 0 aromatic carbocycles. The third-order valence-corrected chi connectivity index (χ3v) is 0.736. The number of carbonyl (C=O) groups is 2. The maximum absolute atomic E-state index is 10.2. The van der Waals surface area contributed by atoms with Crippen LogP contribution in [0.2, 0.25) is 0 Å². The standard InChI is InChI=1S/C5H8O3.C3H7O.In/c1-2-4(6)3-5(7)8;1-3(2)4;/h2-3H2,1H3,(H,7,8);3H,1-2H3;/q;-1;+2/p-1. The van der Waals surface area contributed by atoms with E-state index < -0.39 is 18.5 Å². The Hall–Kier alpha value is -0.0299. The fourth-order valence-electron chi connectivity index (χ4n) is 0.286. The van der Waals surface area contributed by atoms with Gasteiger partial charge in [-0.25, -0.2) is 0 Å². The molecule has 4 nitrogen and oxygen atoms in total. The molecule has 0 saturated heterocycles. The molecule has 0 aliphatic heterocycles. The van der Waals surface area contributed by atoms with Crippen LogP contribution in [0.15, 0.2) is 0 Å². The molecule has 0 aromatic rings. The van der Waals surface area contributed by atoms with E-state index in [2.05, 4.69) is 0 Å². The Morgan fingerprint density at radius 3 is 1.69 bits per heavy atom. The van der Waals surface area contributed by atoms with Crippen LogP contribution in [-0.2, 0) is 9.59 Å². The number of ketones is 1. The largest absolute Gasteiger partial charge is 2.00 e. The van der Waals surface area contributed by atoms with Crippen LogP contribution in [0.4, 0.5) is 0 Å². The monoisotopic (exact) mass is 289 g/mol. The van der Waals surface area contributed by atoms with E-state index in [1.807, 2.05) is 0 Å². The van der Waals surface area contributed by atoms with Crippen LogP contribution in [0.5, 0.6) is 0 Å². The number of carbonyl (C=O) groups excluding carboxylic acids is 2. The zero-order valence-electron chi connectivity index (χ0n) is 8.20. The summed E-state index contributed by atoms with van der Waals surface area (Å²) in [5, 5.41) is 19.2. The molecule has 0 rings (SSSR count). The summed E-state index contributed by atoms with van der Waals surface area (Å²) >= 11 is 0. The Morgan fingerprint density at radius 2 is 1.62 bits per heavy atom. The van der Waals surface area contributed by atoms with Gasteiger partial charge >= 0.3 is 25.8 Å². The van der Waals surface area contributed by atoms with Crippen LogP contribution < -0.4 is 10.2 Å². The van der Waals surface area contributed by atoms with E-state index in [1.165, 1.54) is 0 Å². The SMILES string of the molecule is CC(C)[O-].CCC(=O)CC(=O)[O-].[In+2]. The van der Waals surface area contributed by atoms with Crippen molar-refractivity contribution in [2.24, 2.45) is 0 Å². The topological polar surface area (TPSA) is 80.3 Å². The third-order valence-electron chi connectivity index (χ3n) is 0.736. The summed E-state index contributed by atoms with van der Waals surface area (Å²) in [5.41, 5.74) is 0. The molecule has 0 N–H and O–H groups in total. The first kappa shape index (κ1) is 18.7. The average Bonchev–Trinajstić information content (AvgIpc) is 1.84. The summed E-state index contributed by atoms with van der Waals surface area (Å²) in [6.07, 6.45) is -0.593. The second kappa shape index (κ2) is 12.0. The Labute approximate surface area is 97.1 Å². The summed E-state index contributed by atoms with van der Waals surface area (Å²) in [5.74, 6) is -1.58. The second-order valence-corrected chi connectivity index (χ2v) is 2.49. The number of hydrogen-bond donors (Lipinski definition) is 0. The molecule has 73 valence electrons. The average molecular weight is 289 g/mol. The molecule has 0 bridgehead atoms. The molecule has 0 aliphatic rings. The van der Waals surface area contributed by atoms with Crippen LogP contribution in [0.3, 0.4) is 0 Å². The van der Waals surface area contributed by atoms with Crippen molar-refractivity contribution >= 4 is 37.6 Å². The molecule has 0 aromatic heterocycles. The van der Waals surface area contributed by atoms with Crippen LogP contribution in [-0.4, -0.2) is 43.7 Å². The smallest absolute Gasteiger partial charge is 0.852 e. The van der Waals surface area contributed by atoms with Gasteiger partial charge in [0.2, 0.25) is 0 Å². The predicted molar refractivity (Wildman–Crippen MR) is 45.8 cm³/mol. The maximum atomic E-state index is 10.2. The van der Waals surface area contributed by atoms with Crippen molar-refractivity contribution in [1.82, 2.24) is 0 Å². The second-order valence-electron chi connectivity index (χ2n) is 2.49. The molecule has 13 heavy (non-hydrogen) atoms. The molecule has 5 heteroatoms. The number of carboxylic acids is 1. The minimum Gasteiger partial charge on any atom is -0.852 e. The van der Waals surface area contributed by atoms with Crippen LogP contribution >= 0.6 is 0 Å². The van der Waals surface area contributed by atoms with Gasteiger partial charge in [-0.1, -0.05) is 20.8 Å². The van der Waals surface area contributed by atoms with Crippen molar-refractivity contribution in [1.29, 1.82) is 0 Å². The van der Waals surface area contributed by atoms with Gasteiger partial charge in [0.25, 0.3) is 0 Å². The zero-order chi connectivity index (χ0) is 10.1. The van der Waals surface area contributed by atoms with Crippen LogP contribution in [0, 0.1) is 0 Å². The van der Waals surface area contributed by atoms with E-state index in [-0.39, 0.29) is 38.0 Å². The fourth-order valence-corrected chi connectivity index (χ4v) is 0.286. The Bertz CT molecular complexity index is 142. The number of aliphatic carboxylic acids is 1. The molecular weight excluding hydrogens is 275 g/mol. The van der Waals surface area contributed by atoms with Gasteiger partial charge in [-0.2, -0.15) is 0 Å². The van der Waals surface area contributed by atoms with Gasteiger partial charge in [-0.05, 0) is 0 Å². The molecule has 0 fully saturated rings. The molecule has 0 spiro atoms. The molecule has 0 amide bonds. The van der Waals surface area contributed by atoms with E-state index in [0.29, 0.717) is 0 Å². The fraction of sp³-hybridized carbons (Fsp3) is 0.750. The van der Waals surface area contributed by atoms with Crippen LogP contribution in [0.1, 0.15) is 33.6 Å². The number of hydrogen-bond acceptors (Lipinski definition) is 4. The van der Waals surface area contributed by atoms with Crippen LogP contribution in [0.25, 0.3) is 0 Å². The van der Waals surface area contributed by atoms with Gasteiger partial charge in [0.15, 0.2) is 0 Å². The van der Waals surface area contributed by atoms with Gasteiger partial charge in [0, 0.05) is 18.8 Å². The van der Waals surface area contributed by atoms with Gasteiger partial charge < -0.3 is 15.0 Å². The van der Waals surface area contributed by atoms with Gasteiger partial charge in [-0.3, -0.25) is 4.79 Å². The molecule has 0 saturated carbocycles. The van der Waals surface area contributed by atoms with E-state index in [9.17, 15) is 19.8 Å². The van der Waals surface area contributed by atoms with Crippen molar-refractivity contribution in [3.8, 4) is 0 Å². The predicted octanol–water partition coefficient (Wildman–Crippen LogP) is -1.52. The van der Waals surface area contributed by atoms with Gasteiger partial charge in [-0.15, -0.1) is 6.10 Å². The molecular formula is C8H14InO4. The summed E-state index contributed by atoms with van der Waals surface area (Å²) in [4.78, 5) is 19.8. The Balaban J connectivity index is -0.000000173. The first-order chi connectivity index (χ1) is 5.40. The van der Waals surface area contributed by atoms with E-state index in [1.54, 1.807) is 20.8 Å². The molecule has 1 radical (unpaired) electrons. The van der Waals surface area contributed by atoms with Crippen molar-refractivity contribution in [2.75, 3.05) is 0 Å². The zero-order valence-corrected chi connectivity index (χ0v) is 11.5. The summed E-state index contributed by atoms with van der Waals surface area (Å²) in [6, 6.07) is 0. The Kier molecular flexibility index (Phi) is 17.2. The minimum atomic E-state index is -1.29. The normalized spacial score (nSPS) is 8.08. The Morgan fingerprint density at radius 1 is 1.31 bits per heavy atom. The van der Waals surface area contributed by atoms with E-state index in [0.717, 1.165) is 0 Å². The summed E-state index contributed by atoms with van der Waals surface area (Å²) in [6.45, 7) is 4.84. The molecule has 0 unspecified atom stereocenters. The van der Waals surface area contributed by atoms with Gasteiger partial charge in [0.1, 0.15) is 5.78 Å². The van der Waals surface area contributed by atoms with Gasteiger partial charge in [0.05, 0.1) is 0 Å². The van der Waals surface area contributed by atoms with Crippen molar-refractivity contribution in [3.63, 3.8) is 0 Å². The van der Waals surface area contributed by atoms with Crippen molar-refractivity contribution in [3.05, 3.63) is 0 Å². The molecule has 0 aliphatic carbocycles. The van der Waals surface area contributed by atoms with Crippen molar-refractivity contribution in [2.45, 2.75) is 39.7 Å². The quantitative estimate of drug-likeness (QED) is 0.591. The maximum Gasteiger partial charge on any atom is 2.00 e. The first-order valence-electron chi connectivity index (χ1n) is 3.77. The minimum absolute atomic E-state index is 0.